The molecule has 1 unspecified atom stereocenters. The first-order valence-electron chi connectivity index (χ1n) is 7.31. The first-order valence-corrected chi connectivity index (χ1v) is 7.31. The number of amidine groups is 1. The van der Waals surface area contributed by atoms with E-state index in [0.717, 1.165) is 31.2 Å². The monoisotopic (exact) mass is 292 g/mol. The SMILES string of the molecule is COCCN(Cc1ccnc(C(N)=NO)c1)C(C)C1CC1. The molecule has 0 aliphatic heterocycles. The minimum atomic E-state index is 0.0375. The summed E-state index contributed by atoms with van der Waals surface area (Å²) in [6, 6.07) is 4.38. The molecule has 1 aliphatic carbocycles. The molecular formula is C15H24N4O2. The maximum atomic E-state index is 8.74. The quantitative estimate of drug-likeness (QED) is 0.328. The molecule has 21 heavy (non-hydrogen) atoms. The first kappa shape index (κ1) is 15.7. The number of nitrogens with zero attached hydrogens (tertiary/aromatic N) is 3. The molecule has 6 heteroatoms. The summed E-state index contributed by atoms with van der Waals surface area (Å²) in [5, 5.41) is 11.7. The first-order chi connectivity index (χ1) is 10.2. The van der Waals surface area contributed by atoms with E-state index in [9.17, 15) is 0 Å². The third kappa shape index (κ3) is 4.41. The summed E-state index contributed by atoms with van der Waals surface area (Å²) >= 11 is 0. The second-order valence-electron chi connectivity index (χ2n) is 5.58. The van der Waals surface area contributed by atoms with Crippen molar-refractivity contribution in [2.75, 3.05) is 20.3 Å². The van der Waals surface area contributed by atoms with Crippen LogP contribution in [-0.4, -0.2) is 47.2 Å². The van der Waals surface area contributed by atoms with Crippen LogP contribution in [0, 0.1) is 5.92 Å². The predicted molar refractivity (Wildman–Crippen MR) is 81.2 cm³/mol. The molecule has 6 nitrogen and oxygen atoms in total. The van der Waals surface area contributed by atoms with Gasteiger partial charge in [0, 0.05) is 32.4 Å². The molecule has 2 rings (SSSR count). The van der Waals surface area contributed by atoms with Crippen molar-refractivity contribution in [2.45, 2.75) is 32.4 Å². The molecule has 1 aromatic heterocycles. The zero-order valence-corrected chi connectivity index (χ0v) is 12.7. The normalized spacial score (nSPS) is 17.2. The highest BCUT2D eigenvalue weighted by Crippen LogP contribution is 2.35. The Morgan fingerprint density at radius 1 is 1.62 bits per heavy atom. The standard InChI is InChI=1S/C15H24N4O2/c1-11(13-3-4-13)19(7-8-21-2)10-12-5-6-17-14(9-12)15(16)18-20/h5-6,9,11,13,20H,3-4,7-8,10H2,1-2H3,(H2,16,18). The largest absolute Gasteiger partial charge is 0.409 e. The predicted octanol–water partition coefficient (Wildman–Crippen LogP) is 1.42. The van der Waals surface area contributed by atoms with Crippen LogP contribution in [0.4, 0.5) is 0 Å². The minimum absolute atomic E-state index is 0.0375. The van der Waals surface area contributed by atoms with E-state index in [0.29, 0.717) is 11.7 Å². The summed E-state index contributed by atoms with van der Waals surface area (Å²) in [7, 11) is 1.73. The molecule has 1 aliphatic rings. The van der Waals surface area contributed by atoms with E-state index in [1.54, 1.807) is 13.3 Å². The second kappa shape index (κ2) is 7.38. The highest BCUT2D eigenvalue weighted by molar-refractivity contribution is 5.95. The van der Waals surface area contributed by atoms with Crippen molar-refractivity contribution in [3.05, 3.63) is 29.6 Å². The summed E-state index contributed by atoms with van der Waals surface area (Å²) < 4.78 is 5.21. The van der Waals surface area contributed by atoms with E-state index in [2.05, 4.69) is 22.0 Å². The summed E-state index contributed by atoms with van der Waals surface area (Å²) in [5.41, 5.74) is 7.20. The zero-order valence-electron chi connectivity index (χ0n) is 12.7. The van der Waals surface area contributed by atoms with Gasteiger partial charge in [0.15, 0.2) is 5.84 Å². The number of aromatic nitrogens is 1. The lowest BCUT2D eigenvalue weighted by Gasteiger charge is -2.29. The fraction of sp³-hybridized carbons (Fsp3) is 0.600. The lowest BCUT2D eigenvalue weighted by molar-refractivity contribution is 0.111. The molecule has 0 spiro atoms. The average molecular weight is 292 g/mol. The van der Waals surface area contributed by atoms with Crippen LogP contribution >= 0.6 is 0 Å². The van der Waals surface area contributed by atoms with Crippen LogP contribution in [0.3, 0.4) is 0 Å². The highest BCUT2D eigenvalue weighted by atomic mass is 16.5. The van der Waals surface area contributed by atoms with Crippen LogP contribution in [0.15, 0.2) is 23.5 Å². The Kier molecular flexibility index (Phi) is 5.52. The molecule has 1 heterocycles. The van der Waals surface area contributed by atoms with E-state index in [1.165, 1.54) is 12.8 Å². The lowest BCUT2D eigenvalue weighted by atomic mass is 10.1. The van der Waals surface area contributed by atoms with Crippen LogP contribution in [0.2, 0.25) is 0 Å². The molecule has 0 amide bonds. The summed E-state index contributed by atoms with van der Waals surface area (Å²) in [6.45, 7) is 4.71. The van der Waals surface area contributed by atoms with Crippen LogP contribution in [-0.2, 0) is 11.3 Å². The van der Waals surface area contributed by atoms with Crippen LogP contribution < -0.4 is 5.73 Å². The van der Waals surface area contributed by atoms with Gasteiger partial charge in [0.25, 0.3) is 0 Å². The summed E-state index contributed by atoms with van der Waals surface area (Å²) in [4.78, 5) is 6.54. The Morgan fingerprint density at radius 3 is 3.00 bits per heavy atom. The number of hydrogen-bond acceptors (Lipinski definition) is 5. The molecule has 1 aromatic rings. The number of pyridine rings is 1. The maximum Gasteiger partial charge on any atom is 0.188 e. The van der Waals surface area contributed by atoms with Gasteiger partial charge in [-0.2, -0.15) is 0 Å². The van der Waals surface area contributed by atoms with Crippen molar-refractivity contribution >= 4 is 5.84 Å². The molecule has 116 valence electrons. The number of methoxy groups -OCH3 is 1. The van der Waals surface area contributed by atoms with Gasteiger partial charge in [0.1, 0.15) is 5.69 Å². The van der Waals surface area contributed by atoms with Crippen molar-refractivity contribution in [1.29, 1.82) is 0 Å². The van der Waals surface area contributed by atoms with Gasteiger partial charge in [-0.15, -0.1) is 0 Å². The summed E-state index contributed by atoms with van der Waals surface area (Å²) in [6.07, 6.45) is 4.33. The number of oxime groups is 1. The van der Waals surface area contributed by atoms with E-state index in [1.807, 2.05) is 12.1 Å². The van der Waals surface area contributed by atoms with E-state index in [-0.39, 0.29) is 5.84 Å². The van der Waals surface area contributed by atoms with Gasteiger partial charge in [-0.05, 0) is 43.4 Å². The smallest absolute Gasteiger partial charge is 0.188 e. The highest BCUT2D eigenvalue weighted by Gasteiger charge is 2.31. The third-order valence-electron chi connectivity index (χ3n) is 4.04. The molecule has 1 saturated carbocycles. The van der Waals surface area contributed by atoms with Crippen molar-refractivity contribution < 1.29 is 9.94 Å². The van der Waals surface area contributed by atoms with Crippen LogP contribution in [0.1, 0.15) is 31.0 Å². The maximum absolute atomic E-state index is 8.74. The molecule has 1 fully saturated rings. The molecule has 0 radical (unpaired) electrons. The molecule has 0 aromatic carbocycles. The van der Waals surface area contributed by atoms with Crippen LogP contribution in [0.5, 0.6) is 0 Å². The van der Waals surface area contributed by atoms with Gasteiger partial charge in [-0.25, -0.2) is 0 Å². The number of hydrogen-bond donors (Lipinski definition) is 2. The molecule has 0 saturated heterocycles. The zero-order chi connectivity index (χ0) is 15.2. The topological polar surface area (TPSA) is 84.0 Å². The van der Waals surface area contributed by atoms with Crippen molar-refractivity contribution in [3.63, 3.8) is 0 Å². The van der Waals surface area contributed by atoms with Crippen molar-refractivity contribution in [3.8, 4) is 0 Å². The second-order valence-corrected chi connectivity index (χ2v) is 5.58. The lowest BCUT2D eigenvalue weighted by Crippen LogP contribution is -2.36. The third-order valence-corrected chi connectivity index (χ3v) is 4.04. The van der Waals surface area contributed by atoms with Gasteiger partial charge >= 0.3 is 0 Å². The summed E-state index contributed by atoms with van der Waals surface area (Å²) in [5.74, 6) is 0.836. The van der Waals surface area contributed by atoms with Crippen LogP contribution in [0.25, 0.3) is 0 Å². The Bertz CT molecular complexity index is 488. The molecule has 1 atom stereocenters. The number of rotatable bonds is 8. The molecule has 0 bridgehead atoms. The number of ether oxygens (including phenoxy) is 1. The van der Waals surface area contributed by atoms with E-state index in [4.69, 9.17) is 15.7 Å². The van der Waals surface area contributed by atoms with Gasteiger partial charge in [0.2, 0.25) is 0 Å². The van der Waals surface area contributed by atoms with Crippen molar-refractivity contribution in [1.82, 2.24) is 9.88 Å². The van der Waals surface area contributed by atoms with Gasteiger partial charge in [-0.1, -0.05) is 5.16 Å². The van der Waals surface area contributed by atoms with Gasteiger partial charge < -0.3 is 15.7 Å². The Labute approximate surface area is 125 Å². The Balaban J connectivity index is 2.08. The van der Waals surface area contributed by atoms with E-state index >= 15 is 0 Å². The fourth-order valence-electron chi connectivity index (χ4n) is 2.51. The minimum Gasteiger partial charge on any atom is -0.409 e. The molecular weight excluding hydrogens is 268 g/mol. The number of nitrogens with two attached hydrogens (primary N) is 1. The Morgan fingerprint density at radius 2 is 2.38 bits per heavy atom. The fourth-order valence-corrected chi connectivity index (χ4v) is 2.51. The molecule has 3 N–H and O–H groups in total. The Hall–Kier alpha value is -1.66. The van der Waals surface area contributed by atoms with Crippen molar-refractivity contribution in [2.24, 2.45) is 16.8 Å². The average Bonchev–Trinajstić information content (AvgIpc) is 3.35. The van der Waals surface area contributed by atoms with Gasteiger partial charge in [0.05, 0.1) is 6.61 Å². The van der Waals surface area contributed by atoms with Gasteiger partial charge in [-0.3, -0.25) is 9.88 Å². The van der Waals surface area contributed by atoms with E-state index < -0.39 is 0 Å².